The molecule has 7 heteroatoms. The van der Waals surface area contributed by atoms with Crippen LogP contribution in [0, 0.1) is 10.1 Å². The summed E-state index contributed by atoms with van der Waals surface area (Å²) < 4.78 is 4.92. The van der Waals surface area contributed by atoms with Crippen molar-refractivity contribution in [3.05, 3.63) is 26.9 Å². The molecule has 0 fully saturated rings. The van der Waals surface area contributed by atoms with E-state index in [1.807, 2.05) is 0 Å². The van der Waals surface area contributed by atoms with E-state index in [-0.39, 0.29) is 5.69 Å². The zero-order chi connectivity index (χ0) is 10.3. The van der Waals surface area contributed by atoms with E-state index in [2.05, 4.69) is 20.3 Å². The van der Waals surface area contributed by atoms with E-state index in [0.29, 0.717) is 20.2 Å². The number of nitrogens with zero attached hydrogens (tertiary/aromatic N) is 2. The molecule has 0 atom stereocenters. The van der Waals surface area contributed by atoms with Gasteiger partial charge in [-0.15, -0.1) is 0 Å². The molecule has 0 amide bonds. The second kappa shape index (κ2) is 3.18. The number of non-ortho nitro benzene ring substituents is 1. The number of halogens is 1. The van der Waals surface area contributed by atoms with Gasteiger partial charge in [0.25, 0.3) is 5.69 Å². The predicted octanol–water partition coefficient (Wildman–Crippen LogP) is 2.55. The van der Waals surface area contributed by atoms with Gasteiger partial charge in [0.15, 0.2) is 0 Å². The molecule has 2 aromatic rings. The lowest BCUT2D eigenvalue weighted by Gasteiger charge is -1.99. The molecule has 2 rings (SSSR count). The smallest absolute Gasteiger partial charge is 0.289 e. The molecule has 1 aromatic carbocycles. The first-order chi connectivity index (χ1) is 6.61. The van der Waals surface area contributed by atoms with Crippen molar-refractivity contribution in [3.8, 4) is 0 Å². The molecule has 0 spiro atoms. The van der Waals surface area contributed by atoms with E-state index < -0.39 is 4.92 Å². The van der Waals surface area contributed by atoms with Gasteiger partial charge < -0.3 is 5.73 Å². The van der Waals surface area contributed by atoms with Crippen molar-refractivity contribution in [2.75, 3.05) is 5.73 Å². The van der Waals surface area contributed by atoms with Gasteiger partial charge in [-0.1, -0.05) is 0 Å². The Labute approximate surface area is 91.0 Å². The molecule has 0 saturated heterocycles. The maximum atomic E-state index is 10.7. The Morgan fingerprint density at radius 2 is 2.36 bits per heavy atom. The first-order valence-corrected chi connectivity index (χ1v) is 5.14. The van der Waals surface area contributed by atoms with Crippen LogP contribution >= 0.6 is 27.5 Å². The first-order valence-electron chi connectivity index (χ1n) is 3.58. The lowest BCUT2D eigenvalue weighted by Crippen LogP contribution is -1.92. The van der Waals surface area contributed by atoms with E-state index in [4.69, 9.17) is 5.73 Å². The number of benzene rings is 1. The standard InChI is InChI=1S/C7H4BrN3O2S/c8-4-1-5(11(12)13)7-3(6(4)9)2-10-14-7/h1-2H,9H2. The van der Waals surface area contributed by atoms with Gasteiger partial charge in [0.05, 0.1) is 16.8 Å². The fourth-order valence-electron chi connectivity index (χ4n) is 1.14. The Balaban J connectivity index is 2.91. The molecule has 5 nitrogen and oxygen atoms in total. The molecule has 0 radical (unpaired) electrons. The van der Waals surface area contributed by atoms with Crippen LogP contribution in [0.3, 0.4) is 0 Å². The average molecular weight is 274 g/mol. The highest BCUT2D eigenvalue weighted by Gasteiger charge is 2.18. The van der Waals surface area contributed by atoms with Gasteiger partial charge in [-0.2, -0.15) is 4.37 Å². The molecule has 14 heavy (non-hydrogen) atoms. The molecule has 72 valence electrons. The number of nitrogen functional groups attached to an aromatic ring is 1. The molecule has 0 bridgehead atoms. The molecule has 1 heterocycles. The minimum absolute atomic E-state index is 0.0311. The molecule has 0 aliphatic heterocycles. The Morgan fingerprint density at radius 1 is 1.64 bits per heavy atom. The Kier molecular flexibility index (Phi) is 2.12. The third-order valence-corrected chi connectivity index (χ3v) is 3.29. The molecule has 0 aliphatic carbocycles. The highest BCUT2D eigenvalue weighted by atomic mass is 79.9. The van der Waals surface area contributed by atoms with E-state index in [9.17, 15) is 10.1 Å². The van der Waals surface area contributed by atoms with E-state index >= 15 is 0 Å². The van der Waals surface area contributed by atoms with Crippen molar-refractivity contribution in [3.63, 3.8) is 0 Å². The van der Waals surface area contributed by atoms with Crippen molar-refractivity contribution in [1.82, 2.24) is 4.37 Å². The van der Waals surface area contributed by atoms with Crippen molar-refractivity contribution in [2.24, 2.45) is 0 Å². The number of aromatic nitrogens is 1. The summed E-state index contributed by atoms with van der Waals surface area (Å²) in [5, 5.41) is 11.3. The minimum Gasteiger partial charge on any atom is -0.397 e. The van der Waals surface area contributed by atoms with Crippen LogP contribution in [0.5, 0.6) is 0 Å². The Hall–Kier alpha value is -1.21. The number of nitro benzene ring substituents is 1. The number of nitro groups is 1. The van der Waals surface area contributed by atoms with Crippen LogP contribution in [-0.2, 0) is 0 Å². The summed E-state index contributed by atoms with van der Waals surface area (Å²) in [6.45, 7) is 0. The summed E-state index contributed by atoms with van der Waals surface area (Å²) in [5.74, 6) is 0. The monoisotopic (exact) mass is 273 g/mol. The zero-order valence-corrected chi connectivity index (χ0v) is 9.13. The van der Waals surface area contributed by atoms with Crippen LogP contribution < -0.4 is 5.73 Å². The summed E-state index contributed by atoms with van der Waals surface area (Å²) in [4.78, 5) is 10.3. The van der Waals surface area contributed by atoms with Crippen LogP contribution in [0.25, 0.3) is 10.1 Å². The summed E-state index contributed by atoms with van der Waals surface area (Å²) >= 11 is 4.24. The van der Waals surface area contributed by atoms with Crippen molar-refractivity contribution >= 4 is 48.9 Å². The fourth-order valence-corrected chi connectivity index (χ4v) is 2.33. The van der Waals surface area contributed by atoms with Crippen molar-refractivity contribution in [1.29, 1.82) is 0 Å². The van der Waals surface area contributed by atoms with E-state index in [1.54, 1.807) is 0 Å². The van der Waals surface area contributed by atoms with Crippen LogP contribution in [0.1, 0.15) is 0 Å². The first kappa shape index (κ1) is 9.35. The zero-order valence-electron chi connectivity index (χ0n) is 6.73. The number of hydrogen-bond donors (Lipinski definition) is 1. The number of fused-ring (bicyclic) bond motifs is 1. The van der Waals surface area contributed by atoms with Crippen LogP contribution in [0.15, 0.2) is 16.7 Å². The summed E-state index contributed by atoms with van der Waals surface area (Å²) in [5.41, 5.74) is 6.25. The molecular formula is C7H4BrN3O2S. The lowest BCUT2D eigenvalue weighted by atomic mass is 10.2. The van der Waals surface area contributed by atoms with Crippen LogP contribution in [0.2, 0.25) is 0 Å². The quantitative estimate of drug-likeness (QED) is 0.492. The molecule has 0 saturated carbocycles. The Morgan fingerprint density at radius 3 is 3.00 bits per heavy atom. The van der Waals surface area contributed by atoms with Gasteiger partial charge in [0.1, 0.15) is 4.70 Å². The van der Waals surface area contributed by atoms with Gasteiger partial charge in [0, 0.05) is 15.9 Å². The molecule has 0 aliphatic rings. The van der Waals surface area contributed by atoms with E-state index in [1.165, 1.54) is 12.3 Å². The molecule has 0 unspecified atom stereocenters. The summed E-state index contributed by atoms with van der Waals surface area (Å²) in [6, 6.07) is 1.40. The summed E-state index contributed by atoms with van der Waals surface area (Å²) in [6.07, 6.45) is 1.53. The number of rotatable bonds is 1. The molecular weight excluding hydrogens is 270 g/mol. The van der Waals surface area contributed by atoms with Gasteiger partial charge in [-0.25, -0.2) is 0 Å². The maximum Gasteiger partial charge on any atom is 0.289 e. The van der Waals surface area contributed by atoms with Crippen LogP contribution in [-0.4, -0.2) is 9.30 Å². The highest BCUT2D eigenvalue weighted by molar-refractivity contribution is 9.10. The minimum atomic E-state index is -0.440. The highest BCUT2D eigenvalue weighted by Crippen LogP contribution is 2.37. The molecule has 2 N–H and O–H groups in total. The second-order valence-electron chi connectivity index (χ2n) is 2.62. The number of hydrogen-bond acceptors (Lipinski definition) is 5. The number of nitrogens with two attached hydrogens (primary N) is 1. The fraction of sp³-hybridized carbons (Fsp3) is 0. The molecule has 1 aromatic heterocycles. The van der Waals surface area contributed by atoms with Crippen molar-refractivity contribution < 1.29 is 4.92 Å². The largest absolute Gasteiger partial charge is 0.397 e. The van der Waals surface area contributed by atoms with Gasteiger partial charge in [-0.3, -0.25) is 10.1 Å². The Bertz CT molecular complexity index is 525. The summed E-state index contributed by atoms with van der Waals surface area (Å²) in [7, 11) is 0. The second-order valence-corrected chi connectivity index (χ2v) is 4.27. The van der Waals surface area contributed by atoms with Crippen LogP contribution in [0.4, 0.5) is 11.4 Å². The lowest BCUT2D eigenvalue weighted by molar-refractivity contribution is -0.382. The number of anilines is 1. The SMILES string of the molecule is Nc1c(Br)cc([N+](=O)[O-])c2sncc12. The maximum absolute atomic E-state index is 10.7. The topological polar surface area (TPSA) is 82.0 Å². The third-order valence-electron chi connectivity index (χ3n) is 1.81. The normalized spacial score (nSPS) is 10.6. The van der Waals surface area contributed by atoms with Gasteiger partial charge in [0.2, 0.25) is 0 Å². The van der Waals surface area contributed by atoms with Crippen molar-refractivity contribution in [2.45, 2.75) is 0 Å². The average Bonchev–Trinajstić information content (AvgIpc) is 2.59. The van der Waals surface area contributed by atoms with Gasteiger partial charge >= 0.3 is 0 Å². The predicted molar refractivity (Wildman–Crippen MR) is 58.4 cm³/mol. The van der Waals surface area contributed by atoms with Gasteiger partial charge in [-0.05, 0) is 27.5 Å². The van der Waals surface area contributed by atoms with E-state index in [0.717, 1.165) is 11.5 Å². The third kappa shape index (κ3) is 1.25.